The molecule has 0 amide bonds. The normalized spacial score (nSPS) is 12.1. The second-order valence-corrected chi connectivity index (χ2v) is 8.60. The van der Waals surface area contributed by atoms with Crippen molar-refractivity contribution in [2.75, 3.05) is 28.2 Å². The lowest BCUT2D eigenvalue weighted by molar-refractivity contribution is 0.322. The van der Waals surface area contributed by atoms with E-state index in [0.717, 1.165) is 0 Å². The molecule has 5 heteroatoms. The molecule has 2 N–H and O–H groups in total. The standard InChI is InChI=1S/C16H24N4Si/c1-19(2)17-21(18-20(3)4,15-11-7-5-8-12-15)16-13-9-6-10-14-16/h5-14,17-18H,1-4H3. The first-order valence-electron chi connectivity index (χ1n) is 7.06. The monoisotopic (exact) mass is 300 g/mol. The van der Waals surface area contributed by atoms with Crippen molar-refractivity contribution >= 4 is 18.8 Å². The Kier molecular flexibility index (Phi) is 5.27. The first kappa shape index (κ1) is 15.9. The molecule has 0 radical (unpaired) electrons. The number of nitrogens with one attached hydrogen (secondary N) is 2. The second kappa shape index (κ2) is 6.97. The molecule has 0 atom stereocenters. The van der Waals surface area contributed by atoms with Gasteiger partial charge in [0.2, 0.25) is 0 Å². The smallest absolute Gasteiger partial charge is 0.255 e. The van der Waals surface area contributed by atoms with Crippen LogP contribution in [0.2, 0.25) is 0 Å². The van der Waals surface area contributed by atoms with Gasteiger partial charge in [0.25, 0.3) is 8.40 Å². The van der Waals surface area contributed by atoms with Gasteiger partial charge in [0.05, 0.1) is 0 Å². The van der Waals surface area contributed by atoms with Crippen molar-refractivity contribution in [2.24, 2.45) is 0 Å². The number of hydrogen-bond donors (Lipinski definition) is 2. The highest BCUT2D eigenvalue weighted by molar-refractivity contribution is 6.98. The zero-order valence-corrected chi connectivity index (χ0v) is 14.2. The van der Waals surface area contributed by atoms with Crippen molar-refractivity contribution in [3.8, 4) is 0 Å². The fraction of sp³-hybridized carbons (Fsp3) is 0.250. The van der Waals surface area contributed by atoms with Crippen molar-refractivity contribution in [3.05, 3.63) is 60.7 Å². The van der Waals surface area contributed by atoms with Gasteiger partial charge in [-0.2, -0.15) is 0 Å². The van der Waals surface area contributed by atoms with Crippen LogP contribution in [-0.4, -0.2) is 46.6 Å². The van der Waals surface area contributed by atoms with Gasteiger partial charge in [-0.15, -0.1) is 0 Å². The van der Waals surface area contributed by atoms with Crippen LogP contribution >= 0.6 is 0 Å². The fourth-order valence-corrected chi connectivity index (χ4v) is 6.12. The number of benzene rings is 2. The minimum atomic E-state index is -2.32. The van der Waals surface area contributed by atoms with E-state index in [-0.39, 0.29) is 0 Å². The average molecular weight is 300 g/mol. The van der Waals surface area contributed by atoms with Crippen molar-refractivity contribution < 1.29 is 0 Å². The molecular formula is C16H24N4Si. The number of hydrazine groups is 2. The number of nitrogens with zero attached hydrogens (tertiary/aromatic N) is 2. The molecule has 0 aliphatic rings. The van der Waals surface area contributed by atoms with E-state index in [2.05, 4.69) is 70.8 Å². The Morgan fingerprint density at radius 2 is 0.952 bits per heavy atom. The van der Waals surface area contributed by atoms with E-state index in [4.69, 9.17) is 0 Å². The Morgan fingerprint density at radius 1 is 0.619 bits per heavy atom. The summed E-state index contributed by atoms with van der Waals surface area (Å²) in [6.07, 6.45) is 0. The third-order valence-corrected chi connectivity index (χ3v) is 7.16. The molecule has 0 saturated carbocycles. The summed E-state index contributed by atoms with van der Waals surface area (Å²) in [5.74, 6) is 0. The van der Waals surface area contributed by atoms with Gasteiger partial charge >= 0.3 is 0 Å². The van der Waals surface area contributed by atoms with Crippen LogP contribution < -0.4 is 20.6 Å². The topological polar surface area (TPSA) is 30.5 Å². The van der Waals surface area contributed by atoms with Crippen LogP contribution in [0.5, 0.6) is 0 Å². The van der Waals surface area contributed by atoms with Gasteiger partial charge in [-0.25, -0.2) is 0 Å². The van der Waals surface area contributed by atoms with Gasteiger partial charge in [0, 0.05) is 28.2 Å². The molecule has 21 heavy (non-hydrogen) atoms. The van der Waals surface area contributed by atoms with E-state index >= 15 is 0 Å². The molecule has 0 fully saturated rings. The minimum absolute atomic E-state index is 1.29. The lowest BCUT2D eigenvalue weighted by Crippen LogP contribution is -2.81. The molecule has 2 aromatic carbocycles. The Bertz CT molecular complexity index is 491. The predicted octanol–water partition coefficient (Wildman–Crippen LogP) is 0.375. The van der Waals surface area contributed by atoms with E-state index in [0.29, 0.717) is 0 Å². The zero-order chi connectivity index (χ0) is 15.3. The van der Waals surface area contributed by atoms with Gasteiger partial charge in [-0.3, -0.25) is 20.2 Å². The fourth-order valence-electron chi connectivity index (χ4n) is 2.50. The summed E-state index contributed by atoms with van der Waals surface area (Å²) in [5, 5.41) is 14.0. The van der Waals surface area contributed by atoms with Crippen LogP contribution in [0.4, 0.5) is 0 Å². The Morgan fingerprint density at radius 3 is 1.24 bits per heavy atom. The minimum Gasteiger partial charge on any atom is -0.255 e. The summed E-state index contributed by atoms with van der Waals surface area (Å²) >= 11 is 0. The first-order chi connectivity index (χ1) is 10.0. The molecule has 112 valence electrons. The van der Waals surface area contributed by atoms with Crippen LogP contribution in [0.15, 0.2) is 60.7 Å². The van der Waals surface area contributed by atoms with Gasteiger partial charge in [-0.1, -0.05) is 60.7 Å². The van der Waals surface area contributed by atoms with E-state index < -0.39 is 8.40 Å². The highest BCUT2D eigenvalue weighted by Crippen LogP contribution is 2.01. The maximum atomic E-state index is 3.68. The quantitative estimate of drug-likeness (QED) is 0.596. The molecule has 2 aromatic rings. The summed E-state index contributed by atoms with van der Waals surface area (Å²) in [7, 11) is 5.81. The molecule has 0 heterocycles. The molecule has 0 saturated heterocycles. The third kappa shape index (κ3) is 3.78. The lowest BCUT2D eigenvalue weighted by Gasteiger charge is -2.38. The van der Waals surface area contributed by atoms with Crippen LogP contribution in [-0.2, 0) is 0 Å². The van der Waals surface area contributed by atoms with Crippen molar-refractivity contribution in [1.82, 2.24) is 20.2 Å². The maximum Gasteiger partial charge on any atom is 0.294 e. The Balaban J connectivity index is 2.59. The van der Waals surface area contributed by atoms with Crippen molar-refractivity contribution in [3.63, 3.8) is 0 Å². The molecule has 0 aliphatic carbocycles. The number of rotatable bonds is 6. The Labute approximate surface area is 128 Å². The molecule has 0 spiro atoms. The van der Waals surface area contributed by atoms with Gasteiger partial charge < -0.3 is 0 Å². The predicted molar refractivity (Wildman–Crippen MR) is 91.6 cm³/mol. The molecule has 0 unspecified atom stereocenters. The van der Waals surface area contributed by atoms with Crippen LogP contribution in [0.25, 0.3) is 0 Å². The average Bonchev–Trinajstić information content (AvgIpc) is 2.47. The van der Waals surface area contributed by atoms with E-state index in [1.54, 1.807) is 0 Å². The van der Waals surface area contributed by atoms with Crippen LogP contribution in [0, 0.1) is 0 Å². The molecule has 0 bridgehead atoms. The number of hydrogen-bond acceptors (Lipinski definition) is 4. The summed E-state index contributed by atoms with van der Waals surface area (Å²) in [5.41, 5.74) is 0. The van der Waals surface area contributed by atoms with E-state index in [9.17, 15) is 0 Å². The summed E-state index contributed by atoms with van der Waals surface area (Å²) in [6.45, 7) is 0. The summed E-state index contributed by atoms with van der Waals surface area (Å²) < 4.78 is 0. The molecule has 2 rings (SSSR count). The highest BCUT2D eigenvalue weighted by atomic mass is 28.3. The van der Waals surface area contributed by atoms with Crippen molar-refractivity contribution in [2.45, 2.75) is 0 Å². The molecule has 0 aliphatic heterocycles. The highest BCUT2D eigenvalue weighted by Gasteiger charge is 2.39. The van der Waals surface area contributed by atoms with E-state index in [1.807, 2.05) is 38.2 Å². The maximum absolute atomic E-state index is 3.68. The zero-order valence-electron chi connectivity index (χ0n) is 13.2. The van der Waals surface area contributed by atoms with E-state index in [1.165, 1.54) is 10.4 Å². The largest absolute Gasteiger partial charge is 0.294 e. The van der Waals surface area contributed by atoms with Crippen LogP contribution in [0.1, 0.15) is 0 Å². The lowest BCUT2D eigenvalue weighted by atomic mass is 10.4. The van der Waals surface area contributed by atoms with Gasteiger partial charge in [0.1, 0.15) is 0 Å². The first-order valence-corrected chi connectivity index (χ1v) is 9.06. The third-order valence-electron chi connectivity index (χ3n) is 3.20. The summed E-state index contributed by atoms with van der Waals surface area (Å²) in [4.78, 5) is 0. The second-order valence-electron chi connectivity index (χ2n) is 5.49. The van der Waals surface area contributed by atoms with Gasteiger partial charge in [0.15, 0.2) is 0 Å². The summed E-state index contributed by atoms with van der Waals surface area (Å²) in [6, 6.07) is 21.2. The molecular weight excluding hydrogens is 276 g/mol. The molecule has 0 aromatic heterocycles. The SMILES string of the molecule is CN(C)N[Si](NN(C)C)(c1ccccc1)c1ccccc1. The molecule has 4 nitrogen and oxygen atoms in total. The van der Waals surface area contributed by atoms with Crippen molar-refractivity contribution in [1.29, 1.82) is 0 Å². The Hall–Kier alpha value is -1.50. The van der Waals surface area contributed by atoms with Gasteiger partial charge in [-0.05, 0) is 10.4 Å². The van der Waals surface area contributed by atoms with Crippen LogP contribution in [0.3, 0.4) is 0 Å².